The van der Waals surface area contributed by atoms with Crippen LogP contribution in [0.2, 0.25) is 5.02 Å². The maximum Gasteiger partial charge on any atom is 0.189 e. The van der Waals surface area contributed by atoms with Crippen molar-refractivity contribution in [3.05, 3.63) is 23.0 Å². The largest absolute Gasteiger partial charge is 0.491 e. The van der Waals surface area contributed by atoms with E-state index in [2.05, 4.69) is 5.32 Å². The Hall–Kier alpha value is -0.960. The summed E-state index contributed by atoms with van der Waals surface area (Å²) in [7, 11) is 0. The molecule has 0 bridgehead atoms. The van der Waals surface area contributed by atoms with E-state index in [-0.39, 0.29) is 5.75 Å². The molecule has 2 rings (SSSR count). The maximum atomic E-state index is 13.8. The third-order valence-corrected chi connectivity index (χ3v) is 2.60. The normalized spacial score (nSPS) is 15.1. The molecule has 0 saturated heterocycles. The fourth-order valence-corrected chi connectivity index (χ4v) is 1.56. The molecule has 1 N–H and O–H groups in total. The molecule has 1 fully saturated rings. The van der Waals surface area contributed by atoms with Crippen LogP contribution in [-0.4, -0.2) is 12.6 Å². The first-order valence-corrected chi connectivity index (χ1v) is 5.47. The standard InChI is InChI=1S/C11H13ClFNO/c1-2-15-9-6-5-8(12)11(10(9)13)14-7-3-4-7/h5-7,14H,2-4H2,1H3. The number of nitrogens with one attached hydrogen (secondary N) is 1. The van der Waals surface area contributed by atoms with Gasteiger partial charge in [0.05, 0.1) is 17.3 Å². The summed E-state index contributed by atoms with van der Waals surface area (Å²) in [6.45, 7) is 2.27. The number of hydrogen-bond acceptors (Lipinski definition) is 2. The van der Waals surface area contributed by atoms with E-state index >= 15 is 0 Å². The van der Waals surface area contributed by atoms with Crippen LogP contribution >= 0.6 is 11.6 Å². The van der Waals surface area contributed by atoms with Gasteiger partial charge in [0.15, 0.2) is 11.6 Å². The van der Waals surface area contributed by atoms with E-state index in [0.717, 1.165) is 12.8 Å². The van der Waals surface area contributed by atoms with Gasteiger partial charge in [-0.25, -0.2) is 4.39 Å². The van der Waals surface area contributed by atoms with E-state index in [1.165, 1.54) is 0 Å². The highest BCUT2D eigenvalue weighted by Gasteiger charge is 2.24. The fraction of sp³-hybridized carbons (Fsp3) is 0.455. The molecule has 1 aliphatic rings. The minimum atomic E-state index is -0.392. The van der Waals surface area contributed by atoms with Crippen molar-refractivity contribution in [3.63, 3.8) is 0 Å². The molecular weight excluding hydrogens is 217 g/mol. The Morgan fingerprint density at radius 1 is 1.53 bits per heavy atom. The van der Waals surface area contributed by atoms with E-state index in [0.29, 0.717) is 23.4 Å². The van der Waals surface area contributed by atoms with E-state index in [4.69, 9.17) is 16.3 Å². The molecule has 0 unspecified atom stereocenters. The van der Waals surface area contributed by atoms with Crippen molar-refractivity contribution in [2.75, 3.05) is 11.9 Å². The molecule has 0 heterocycles. The summed E-state index contributed by atoms with van der Waals surface area (Å²) in [6.07, 6.45) is 2.16. The monoisotopic (exact) mass is 229 g/mol. The van der Waals surface area contributed by atoms with Gasteiger partial charge in [0.25, 0.3) is 0 Å². The number of halogens is 2. The molecule has 0 aliphatic heterocycles. The van der Waals surface area contributed by atoms with E-state index in [1.54, 1.807) is 12.1 Å². The van der Waals surface area contributed by atoms with Crippen molar-refractivity contribution in [2.24, 2.45) is 0 Å². The lowest BCUT2D eigenvalue weighted by Crippen LogP contribution is -2.05. The van der Waals surface area contributed by atoms with Crippen LogP contribution in [0.15, 0.2) is 12.1 Å². The Balaban J connectivity index is 2.27. The summed E-state index contributed by atoms with van der Waals surface area (Å²) in [5.74, 6) is -0.138. The van der Waals surface area contributed by atoms with Crippen molar-refractivity contribution in [3.8, 4) is 5.75 Å². The highest BCUT2D eigenvalue weighted by atomic mass is 35.5. The number of hydrogen-bond donors (Lipinski definition) is 1. The van der Waals surface area contributed by atoms with Crippen LogP contribution in [0, 0.1) is 5.82 Å². The zero-order chi connectivity index (χ0) is 10.8. The average molecular weight is 230 g/mol. The minimum absolute atomic E-state index is 0.255. The smallest absolute Gasteiger partial charge is 0.189 e. The van der Waals surface area contributed by atoms with Gasteiger partial charge in [0, 0.05) is 6.04 Å². The Morgan fingerprint density at radius 2 is 2.27 bits per heavy atom. The lowest BCUT2D eigenvalue weighted by molar-refractivity contribution is 0.322. The summed E-state index contributed by atoms with van der Waals surface area (Å²) in [5, 5.41) is 3.47. The maximum absolute atomic E-state index is 13.8. The Bertz CT molecular complexity index is 366. The van der Waals surface area contributed by atoms with Gasteiger partial charge in [0.1, 0.15) is 0 Å². The van der Waals surface area contributed by atoms with E-state index in [9.17, 15) is 4.39 Å². The van der Waals surface area contributed by atoms with Crippen LogP contribution in [0.5, 0.6) is 5.75 Å². The van der Waals surface area contributed by atoms with Gasteiger partial charge >= 0.3 is 0 Å². The minimum Gasteiger partial charge on any atom is -0.491 e. The topological polar surface area (TPSA) is 21.3 Å². The molecule has 4 heteroatoms. The third-order valence-electron chi connectivity index (χ3n) is 2.28. The second kappa shape index (κ2) is 4.27. The molecule has 1 saturated carbocycles. The summed E-state index contributed by atoms with van der Waals surface area (Å²) >= 11 is 5.92. The lowest BCUT2D eigenvalue weighted by Gasteiger charge is -2.12. The van der Waals surface area contributed by atoms with Crippen molar-refractivity contribution in [1.82, 2.24) is 0 Å². The Morgan fingerprint density at radius 3 is 2.87 bits per heavy atom. The van der Waals surface area contributed by atoms with Gasteiger partial charge in [0.2, 0.25) is 0 Å². The molecule has 82 valence electrons. The molecule has 1 aromatic carbocycles. The van der Waals surface area contributed by atoms with Crippen molar-refractivity contribution in [1.29, 1.82) is 0 Å². The molecule has 1 aromatic rings. The van der Waals surface area contributed by atoms with Gasteiger partial charge < -0.3 is 10.1 Å². The number of rotatable bonds is 4. The first kappa shape index (κ1) is 10.6. The summed E-state index contributed by atoms with van der Waals surface area (Å²) in [4.78, 5) is 0. The van der Waals surface area contributed by atoms with Crippen LogP contribution in [0.25, 0.3) is 0 Å². The highest BCUT2D eigenvalue weighted by molar-refractivity contribution is 6.33. The zero-order valence-corrected chi connectivity index (χ0v) is 9.27. The predicted molar refractivity (Wildman–Crippen MR) is 59.2 cm³/mol. The van der Waals surface area contributed by atoms with Gasteiger partial charge in [-0.1, -0.05) is 11.6 Å². The van der Waals surface area contributed by atoms with Crippen LogP contribution in [0.4, 0.5) is 10.1 Å². The van der Waals surface area contributed by atoms with Gasteiger partial charge in [-0.3, -0.25) is 0 Å². The molecule has 0 radical (unpaired) electrons. The molecule has 0 spiro atoms. The Kier molecular flexibility index (Phi) is 3.00. The molecule has 0 amide bonds. The second-order valence-corrected chi connectivity index (χ2v) is 3.99. The lowest BCUT2D eigenvalue weighted by atomic mass is 10.2. The molecule has 2 nitrogen and oxygen atoms in total. The summed E-state index contributed by atoms with van der Waals surface area (Å²) < 4.78 is 19.0. The Labute approximate surface area is 93.4 Å². The van der Waals surface area contributed by atoms with Crippen LogP contribution < -0.4 is 10.1 Å². The quantitative estimate of drug-likeness (QED) is 0.854. The van der Waals surface area contributed by atoms with Crippen LogP contribution in [-0.2, 0) is 0 Å². The number of anilines is 1. The molecule has 15 heavy (non-hydrogen) atoms. The first-order valence-electron chi connectivity index (χ1n) is 5.09. The van der Waals surface area contributed by atoms with E-state index < -0.39 is 5.82 Å². The number of benzene rings is 1. The third kappa shape index (κ3) is 2.34. The number of ether oxygens (including phenoxy) is 1. The summed E-state index contributed by atoms with van der Waals surface area (Å²) in [6, 6.07) is 3.58. The average Bonchev–Trinajstić information content (AvgIpc) is 3.01. The van der Waals surface area contributed by atoms with Gasteiger partial charge in [-0.2, -0.15) is 0 Å². The zero-order valence-electron chi connectivity index (χ0n) is 8.52. The van der Waals surface area contributed by atoms with Gasteiger partial charge in [-0.15, -0.1) is 0 Å². The SMILES string of the molecule is CCOc1ccc(Cl)c(NC2CC2)c1F. The summed E-state index contributed by atoms with van der Waals surface area (Å²) in [5.41, 5.74) is 0.366. The molecule has 1 aliphatic carbocycles. The van der Waals surface area contributed by atoms with Crippen LogP contribution in [0.1, 0.15) is 19.8 Å². The highest BCUT2D eigenvalue weighted by Crippen LogP contribution is 2.35. The van der Waals surface area contributed by atoms with Crippen molar-refractivity contribution >= 4 is 17.3 Å². The van der Waals surface area contributed by atoms with E-state index in [1.807, 2.05) is 6.92 Å². The molecular formula is C11H13ClFNO. The first-order chi connectivity index (χ1) is 7.22. The molecule has 0 aromatic heterocycles. The molecule has 0 atom stereocenters. The van der Waals surface area contributed by atoms with Crippen molar-refractivity contribution < 1.29 is 9.13 Å². The van der Waals surface area contributed by atoms with Crippen LogP contribution in [0.3, 0.4) is 0 Å². The predicted octanol–water partition coefficient (Wildman–Crippen LogP) is 3.45. The fourth-order valence-electron chi connectivity index (χ4n) is 1.36. The van der Waals surface area contributed by atoms with Gasteiger partial charge in [-0.05, 0) is 31.9 Å². The van der Waals surface area contributed by atoms with Crippen molar-refractivity contribution in [2.45, 2.75) is 25.8 Å². The second-order valence-electron chi connectivity index (χ2n) is 3.59.